The van der Waals surface area contributed by atoms with Crippen LogP contribution in [0.1, 0.15) is 11.1 Å². The number of hydrogen-bond donors (Lipinski definition) is 1. The van der Waals surface area contributed by atoms with E-state index in [2.05, 4.69) is 15.9 Å². The Bertz CT molecular complexity index is 341. The lowest BCUT2D eigenvalue weighted by molar-refractivity contribution is -0.119. The van der Waals surface area contributed by atoms with Crippen molar-refractivity contribution in [2.24, 2.45) is 0 Å². The first kappa shape index (κ1) is 12.2. The molecule has 0 heterocycles. The van der Waals surface area contributed by atoms with E-state index in [0.29, 0.717) is 13.1 Å². The van der Waals surface area contributed by atoms with Crippen LogP contribution in [0.5, 0.6) is 0 Å². The van der Waals surface area contributed by atoms with Crippen molar-refractivity contribution >= 4 is 22.3 Å². The van der Waals surface area contributed by atoms with Crippen LogP contribution in [0.4, 0.5) is 0 Å². The second kappa shape index (κ2) is 5.88. The molecule has 0 aliphatic rings. The number of benzene rings is 1. The highest BCUT2D eigenvalue weighted by molar-refractivity contribution is 9.10. The van der Waals surface area contributed by atoms with Gasteiger partial charge in [0.05, 0.1) is 6.61 Å². The van der Waals surface area contributed by atoms with Gasteiger partial charge in [0.25, 0.3) is 0 Å². The number of aliphatic hydroxyl groups is 1. The predicted molar refractivity (Wildman–Crippen MR) is 62.4 cm³/mol. The zero-order chi connectivity index (χ0) is 11.3. The Labute approximate surface area is 97.8 Å². The maximum Gasteiger partial charge on any atom is 0.210 e. The maximum atomic E-state index is 10.7. The molecule has 1 N–H and O–H groups in total. The summed E-state index contributed by atoms with van der Waals surface area (Å²) in [5, 5.41) is 8.76. The summed E-state index contributed by atoms with van der Waals surface area (Å²) in [5.74, 6) is 0. The average Bonchev–Trinajstić information content (AvgIpc) is 2.22. The molecule has 1 amide bonds. The number of carbonyl (C=O) groups excluding carboxylic acids is 1. The molecule has 1 rings (SSSR count). The summed E-state index contributed by atoms with van der Waals surface area (Å²) in [4.78, 5) is 12.2. The molecule has 4 heteroatoms. The van der Waals surface area contributed by atoms with Crippen LogP contribution in [-0.2, 0) is 11.3 Å². The molecule has 1 aromatic carbocycles. The Morgan fingerprint density at radius 3 is 2.87 bits per heavy atom. The van der Waals surface area contributed by atoms with Crippen LogP contribution in [0.15, 0.2) is 22.7 Å². The van der Waals surface area contributed by atoms with Crippen molar-refractivity contribution in [1.82, 2.24) is 4.90 Å². The van der Waals surface area contributed by atoms with Crippen molar-refractivity contribution in [2.45, 2.75) is 13.5 Å². The van der Waals surface area contributed by atoms with E-state index < -0.39 is 0 Å². The third kappa shape index (κ3) is 3.64. The summed E-state index contributed by atoms with van der Waals surface area (Å²) in [6.45, 7) is 2.90. The molecule has 0 spiro atoms. The van der Waals surface area contributed by atoms with Gasteiger partial charge >= 0.3 is 0 Å². The van der Waals surface area contributed by atoms with Gasteiger partial charge in [-0.25, -0.2) is 0 Å². The standard InChI is InChI=1S/C11H14BrNO2/c1-9-2-3-11(12)6-10(9)7-13(8-15)4-5-14/h2-3,6,8,14H,4-5,7H2,1H3. The molecule has 82 valence electrons. The minimum atomic E-state index is -0.00814. The largest absolute Gasteiger partial charge is 0.395 e. The molecule has 0 bridgehead atoms. The van der Waals surface area contributed by atoms with Crippen molar-refractivity contribution in [3.05, 3.63) is 33.8 Å². The zero-order valence-electron chi connectivity index (χ0n) is 8.61. The fraction of sp³-hybridized carbons (Fsp3) is 0.364. The van der Waals surface area contributed by atoms with Crippen LogP contribution >= 0.6 is 15.9 Å². The molecule has 0 fully saturated rings. The molecule has 1 aromatic rings. The first-order valence-corrected chi connectivity index (χ1v) is 5.52. The predicted octanol–water partition coefficient (Wildman–Crippen LogP) is 1.71. The minimum absolute atomic E-state index is 0.00814. The number of aryl methyl sites for hydroxylation is 1. The van der Waals surface area contributed by atoms with Gasteiger partial charge in [-0.15, -0.1) is 0 Å². The van der Waals surface area contributed by atoms with Gasteiger partial charge in [0.2, 0.25) is 6.41 Å². The van der Waals surface area contributed by atoms with Gasteiger partial charge in [0.1, 0.15) is 0 Å². The molecule has 0 saturated heterocycles. The highest BCUT2D eigenvalue weighted by Gasteiger charge is 2.05. The molecular weight excluding hydrogens is 258 g/mol. The van der Waals surface area contributed by atoms with E-state index in [4.69, 9.17) is 5.11 Å². The van der Waals surface area contributed by atoms with Crippen LogP contribution in [0.2, 0.25) is 0 Å². The molecule has 15 heavy (non-hydrogen) atoms. The van der Waals surface area contributed by atoms with Crippen LogP contribution in [0.25, 0.3) is 0 Å². The number of carbonyl (C=O) groups is 1. The molecular formula is C11H14BrNO2. The summed E-state index contributed by atoms with van der Waals surface area (Å²) in [6.07, 6.45) is 0.760. The third-order valence-corrected chi connectivity index (χ3v) is 2.71. The monoisotopic (exact) mass is 271 g/mol. The molecule has 3 nitrogen and oxygen atoms in total. The van der Waals surface area contributed by atoms with Crippen molar-refractivity contribution < 1.29 is 9.90 Å². The van der Waals surface area contributed by atoms with Gasteiger partial charge in [0.15, 0.2) is 0 Å². The molecule has 0 aliphatic carbocycles. The van der Waals surface area contributed by atoms with E-state index in [1.165, 1.54) is 0 Å². The number of nitrogens with zero attached hydrogens (tertiary/aromatic N) is 1. The minimum Gasteiger partial charge on any atom is -0.395 e. The summed E-state index contributed by atoms with van der Waals surface area (Å²) in [5.41, 5.74) is 2.23. The Balaban J connectivity index is 2.77. The van der Waals surface area contributed by atoms with E-state index in [1.54, 1.807) is 4.90 Å². The van der Waals surface area contributed by atoms with Crippen molar-refractivity contribution in [3.63, 3.8) is 0 Å². The van der Waals surface area contributed by atoms with Gasteiger partial charge in [-0.1, -0.05) is 22.0 Å². The fourth-order valence-electron chi connectivity index (χ4n) is 1.33. The van der Waals surface area contributed by atoms with Gasteiger partial charge in [-0.05, 0) is 30.2 Å². The molecule has 0 saturated carbocycles. The first-order valence-electron chi connectivity index (χ1n) is 4.72. The third-order valence-electron chi connectivity index (χ3n) is 2.22. The SMILES string of the molecule is Cc1ccc(Br)cc1CN(C=O)CCO. The van der Waals surface area contributed by atoms with E-state index >= 15 is 0 Å². The summed E-state index contributed by atoms with van der Waals surface area (Å²) >= 11 is 3.39. The number of amides is 1. The van der Waals surface area contributed by atoms with E-state index in [9.17, 15) is 4.79 Å². The highest BCUT2D eigenvalue weighted by atomic mass is 79.9. The van der Waals surface area contributed by atoms with Crippen LogP contribution in [0.3, 0.4) is 0 Å². The van der Waals surface area contributed by atoms with Gasteiger partial charge in [0, 0.05) is 17.6 Å². The molecule has 0 radical (unpaired) electrons. The lowest BCUT2D eigenvalue weighted by Gasteiger charge is -2.17. The number of halogens is 1. The Morgan fingerprint density at radius 2 is 2.27 bits per heavy atom. The molecule has 0 unspecified atom stereocenters. The Hall–Kier alpha value is -0.870. The highest BCUT2D eigenvalue weighted by Crippen LogP contribution is 2.17. The second-order valence-electron chi connectivity index (χ2n) is 3.37. The maximum absolute atomic E-state index is 10.7. The zero-order valence-corrected chi connectivity index (χ0v) is 10.2. The fourth-order valence-corrected chi connectivity index (χ4v) is 1.74. The number of hydrogen-bond acceptors (Lipinski definition) is 2. The summed E-state index contributed by atoms with van der Waals surface area (Å²) < 4.78 is 0.998. The quantitative estimate of drug-likeness (QED) is 0.829. The molecule has 0 aliphatic heterocycles. The van der Waals surface area contributed by atoms with Crippen LogP contribution in [0, 0.1) is 6.92 Å². The topological polar surface area (TPSA) is 40.5 Å². The Kier molecular flexibility index (Phi) is 4.78. The van der Waals surface area contributed by atoms with Gasteiger partial charge in [-0.3, -0.25) is 4.79 Å². The van der Waals surface area contributed by atoms with E-state index in [0.717, 1.165) is 22.0 Å². The normalized spacial score (nSPS) is 10.1. The van der Waals surface area contributed by atoms with Gasteiger partial charge in [-0.2, -0.15) is 0 Å². The number of rotatable bonds is 5. The first-order chi connectivity index (χ1) is 7.17. The summed E-state index contributed by atoms with van der Waals surface area (Å²) in [6, 6.07) is 5.96. The average molecular weight is 272 g/mol. The lowest BCUT2D eigenvalue weighted by atomic mass is 10.1. The second-order valence-corrected chi connectivity index (χ2v) is 4.29. The smallest absolute Gasteiger partial charge is 0.210 e. The number of aliphatic hydroxyl groups excluding tert-OH is 1. The molecule has 0 aromatic heterocycles. The van der Waals surface area contributed by atoms with Crippen molar-refractivity contribution in [2.75, 3.05) is 13.2 Å². The van der Waals surface area contributed by atoms with Gasteiger partial charge < -0.3 is 10.0 Å². The summed E-state index contributed by atoms with van der Waals surface area (Å²) in [7, 11) is 0. The lowest BCUT2D eigenvalue weighted by Crippen LogP contribution is -2.25. The van der Waals surface area contributed by atoms with Crippen LogP contribution in [-0.4, -0.2) is 29.6 Å². The Morgan fingerprint density at radius 1 is 1.53 bits per heavy atom. The van der Waals surface area contributed by atoms with E-state index in [1.807, 2.05) is 25.1 Å². The van der Waals surface area contributed by atoms with Crippen molar-refractivity contribution in [1.29, 1.82) is 0 Å². The van der Waals surface area contributed by atoms with Crippen molar-refractivity contribution in [3.8, 4) is 0 Å². The molecule has 0 atom stereocenters. The van der Waals surface area contributed by atoms with Crippen LogP contribution < -0.4 is 0 Å². The van der Waals surface area contributed by atoms with E-state index in [-0.39, 0.29) is 6.61 Å².